The highest BCUT2D eigenvalue weighted by atomic mass is 32.1. The number of aliphatic hydroxyl groups excluding tert-OH is 1. The van der Waals surface area contributed by atoms with E-state index in [1.54, 1.807) is 55.8 Å². The molecule has 1 aromatic heterocycles. The van der Waals surface area contributed by atoms with E-state index in [1.165, 1.54) is 4.90 Å². The van der Waals surface area contributed by atoms with Gasteiger partial charge in [-0.25, -0.2) is 9.78 Å². The number of aromatic nitrogens is 1. The smallest absolute Gasteiger partial charge is 0.408 e. The summed E-state index contributed by atoms with van der Waals surface area (Å²) in [5.74, 6) is -2.36. The zero-order chi connectivity index (χ0) is 43.7. The number of β-amino-alcohol motifs (C(OH)–C–C–N with tert-alkyl or cyclic N) is 1. The summed E-state index contributed by atoms with van der Waals surface area (Å²) >= 11 is 1.56. The van der Waals surface area contributed by atoms with Crippen LogP contribution in [0.25, 0.3) is 10.4 Å². The highest BCUT2D eigenvalue weighted by Crippen LogP contribution is 2.30. The van der Waals surface area contributed by atoms with Crippen molar-refractivity contribution in [2.75, 3.05) is 11.9 Å². The summed E-state index contributed by atoms with van der Waals surface area (Å²) in [6.07, 6.45) is -0.793. The number of amides is 6. The molecule has 1 aliphatic heterocycles. The van der Waals surface area contributed by atoms with Crippen molar-refractivity contribution in [3.63, 3.8) is 0 Å². The Labute approximate surface area is 350 Å². The molecular weight excluding hydrogens is 775 g/mol. The van der Waals surface area contributed by atoms with Crippen molar-refractivity contribution in [3.8, 4) is 10.4 Å². The van der Waals surface area contributed by atoms with Crippen LogP contribution in [0.15, 0.2) is 54.0 Å². The van der Waals surface area contributed by atoms with Crippen LogP contribution in [-0.2, 0) is 35.1 Å². The SMILES string of the molecule is Cc1ncsc1-c1ccc([C@H](C)NC(=O)[C@@H]2C[C@@H](O)CN2C(=O)C(NC(=O)CCCc2cccc(NC(=O)[C@H](CCC(N)=O)NC(=O)OC(C)(C)C)c2)C(C)(C)C)cc1. The molecule has 1 unspecified atom stereocenters. The Morgan fingerprint density at radius 2 is 1.68 bits per heavy atom. The molecule has 1 saturated heterocycles. The molecule has 320 valence electrons. The number of likely N-dealkylation sites (tertiary alicyclic amines) is 1. The van der Waals surface area contributed by atoms with Crippen LogP contribution in [0.5, 0.6) is 0 Å². The van der Waals surface area contributed by atoms with Crippen molar-refractivity contribution < 1.29 is 38.6 Å². The van der Waals surface area contributed by atoms with Gasteiger partial charge in [0.25, 0.3) is 0 Å². The van der Waals surface area contributed by atoms with Crippen LogP contribution in [0.2, 0.25) is 0 Å². The Hall–Kier alpha value is -5.35. The van der Waals surface area contributed by atoms with Gasteiger partial charge in [0.15, 0.2) is 0 Å². The fraction of sp³-hybridized carbons (Fsp3) is 0.512. The first-order chi connectivity index (χ1) is 27.6. The lowest BCUT2D eigenvalue weighted by Gasteiger charge is -2.35. The highest BCUT2D eigenvalue weighted by molar-refractivity contribution is 7.13. The molecule has 0 spiro atoms. The lowest BCUT2D eigenvalue weighted by molar-refractivity contribution is -0.144. The van der Waals surface area contributed by atoms with Crippen molar-refractivity contribution in [1.29, 1.82) is 0 Å². The minimum Gasteiger partial charge on any atom is -0.444 e. The number of primary amides is 1. The van der Waals surface area contributed by atoms with Gasteiger partial charge in [-0.05, 0) is 88.1 Å². The molecule has 3 aromatic rings. The molecule has 1 aliphatic rings. The first-order valence-electron chi connectivity index (χ1n) is 19.9. The fourth-order valence-electron chi connectivity index (χ4n) is 6.74. The number of thiazole rings is 1. The summed E-state index contributed by atoms with van der Waals surface area (Å²) < 4.78 is 5.27. The Balaban J connectivity index is 1.33. The molecule has 59 heavy (non-hydrogen) atoms. The van der Waals surface area contributed by atoms with Gasteiger partial charge in [0.1, 0.15) is 23.7 Å². The maximum absolute atomic E-state index is 14.1. The van der Waals surface area contributed by atoms with Gasteiger partial charge in [0.2, 0.25) is 29.5 Å². The third-order valence-electron chi connectivity index (χ3n) is 9.81. The van der Waals surface area contributed by atoms with Crippen LogP contribution in [-0.4, -0.2) is 87.0 Å². The van der Waals surface area contributed by atoms with Crippen molar-refractivity contribution in [3.05, 3.63) is 70.9 Å². The molecule has 1 fully saturated rings. The van der Waals surface area contributed by atoms with Crippen LogP contribution < -0.4 is 27.0 Å². The number of nitrogens with zero attached hydrogens (tertiary/aromatic N) is 2. The largest absolute Gasteiger partial charge is 0.444 e. The van der Waals surface area contributed by atoms with E-state index in [1.807, 2.05) is 65.0 Å². The number of anilines is 1. The molecule has 0 bridgehead atoms. The summed E-state index contributed by atoms with van der Waals surface area (Å²) in [5.41, 5.74) is 9.73. The van der Waals surface area contributed by atoms with E-state index in [4.69, 9.17) is 10.5 Å². The summed E-state index contributed by atoms with van der Waals surface area (Å²) in [6.45, 7) is 14.4. The maximum atomic E-state index is 14.1. The average molecular weight is 834 g/mol. The molecule has 4 rings (SSSR count). The number of carbonyl (C=O) groups is 6. The van der Waals surface area contributed by atoms with Crippen LogP contribution in [0.4, 0.5) is 10.5 Å². The summed E-state index contributed by atoms with van der Waals surface area (Å²) in [5, 5.41) is 21.8. The summed E-state index contributed by atoms with van der Waals surface area (Å²) in [4.78, 5) is 84.8. The molecule has 5 atom stereocenters. The van der Waals surface area contributed by atoms with Gasteiger partial charge in [-0.1, -0.05) is 57.2 Å². The van der Waals surface area contributed by atoms with Gasteiger partial charge < -0.3 is 41.7 Å². The Morgan fingerprint density at radius 1 is 0.983 bits per heavy atom. The van der Waals surface area contributed by atoms with E-state index in [0.717, 1.165) is 27.3 Å². The van der Waals surface area contributed by atoms with E-state index < -0.39 is 59.1 Å². The molecule has 2 aromatic carbocycles. The third-order valence-corrected chi connectivity index (χ3v) is 10.8. The van der Waals surface area contributed by atoms with Crippen LogP contribution >= 0.6 is 11.3 Å². The van der Waals surface area contributed by atoms with E-state index >= 15 is 0 Å². The Bertz CT molecular complexity index is 1970. The number of benzene rings is 2. The van der Waals surface area contributed by atoms with E-state index in [0.29, 0.717) is 18.5 Å². The summed E-state index contributed by atoms with van der Waals surface area (Å²) in [7, 11) is 0. The van der Waals surface area contributed by atoms with Gasteiger partial charge in [-0.2, -0.15) is 0 Å². The van der Waals surface area contributed by atoms with Crippen LogP contribution in [0.1, 0.15) is 103 Å². The van der Waals surface area contributed by atoms with Crippen LogP contribution in [0.3, 0.4) is 0 Å². The minimum absolute atomic E-state index is 0.0251. The maximum Gasteiger partial charge on any atom is 0.408 e. The van der Waals surface area contributed by atoms with E-state index in [9.17, 15) is 33.9 Å². The number of hydrogen-bond acceptors (Lipinski definition) is 10. The number of ether oxygens (including phenoxy) is 1. The van der Waals surface area contributed by atoms with Gasteiger partial charge in [-0.3, -0.25) is 24.0 Å². The zero-order valence-electron chi connectivity index (χ0n) is 35.2. The predicted octanol–water partition coefficient (Wildman–Crippen LogP) is 4.91. The fourth-order valence-corrected chi connectivity index (χ4v) is 7.55. The van der Waals surface area contributed by atoms with Gasteiger partial charge >= 0.3 is 6.09 Å². The second-order valence-electron chi connectivity index (χ2n) is 17.1. The minimum atomic E-state index is -1.08. The number of aliphatic hydroxyl groups is 1. The Kier molecular flexibility index (Phi) is 15.8. The first-order valence-corrected chi connectivity index (χ1v) is 20.8. The molecule has 16 heteroatoms. The normalized spacial score (nSPS) is 17.0. The molecular formula is C43H59N7O8S. The standard InChI is InChI=1S/C43H59N7O8S/c1-25(28-15-17-29(18-16-28)36-26(2)45-24-59-36)46-39(55)33-22-31(51)23-50(33)40(56)37(42(3,4)5)49-35(53)14-10-12-27-11-9-13-30(21-27)47-38(54)32(19-20-34(44)52)48-41(57)58-43(6,7)8/h9,11,13,15-18,21,24-25,31-33,37,51H,10,12,14,19-20,22-23H2,1-8H3,(H2,44,52)(H,46,55)(H,47,54)(H,48,57)(H,49,53)/t25-,31+,32-,33-,37?/m0/s1. The second kappa shape index (κ2) is 20.1. The first kappa shape index (κ1) is 46.3. The van der Waals surface area contributed by atoms with Crippen molar-refractivity contribution >= 4 is 52.7 Å². The quantitative estimate of drug-likeness (QED) is 0.115. The number of nitrogens with two attached hydrogens (primary N) is 1. The van der Waals surface area contributed by atoms with Crippen molar-refractivity contribution in [1.82, 2.24) is 25.8 Å². The topological polar surface area (TPSA) is 222 Å². The van der Waals surface area contributed by atoms with Gasteiger partial charge in [0.05, 0.1) is 28.2 Å². The molecule has 15 nitrogen and oxygen atoms in total. The lowest BCUT2D eigenvalue weighted by Crippen LogP contribution is -2.57. The molecule has 6 amide bonds. The number of nitrogens with one attached hydrogen (secondary N) is 4. The number of aryl methyl sites for hydroxylation is 2. The van der Waals surface area contributed by atoms with Crippen molar-refractivity contribution in [2.24, 2.45) is 11.1 Å². The second-order valence-corrected chi connectivity index (χ2v) is 18.0. The Morgan fingerprint density at radius 3 is 2.29 bits per heavy atom. The molecule has 0 saturated carbocycles. The average Bonchev–Trinajstić information content (AvgIpc) is 3.76. The number of alkyl carbamates (subject to hydrolysis) is 1. The number of carbonyl (C=O) groups excluding carboxylic acids is 6. The summed E-state index contributed by atoms with van der Waals surface area (Å²) in [6, 6.07) is 11.6. The third kappa shape index (κ3) is 13.9. The highest BCUT2D eigenvalue weighted by Gasteiger charge is 2.44. The van der Waals surface area contributed by atoms with E-state index in [2.05, 4.69) is 26.3 Å². The molecule has 2 heterocycles. The zero-order valence-corrected chi connectivity index (χ0v) is 36.0. The number of hydrogen-bond donors (Lipinski definition) is 6. The van der Waals surface area contributed by atoms with Gasteiger partial charge in [0, 0.05) is 31.5 Å². The monoisotopic (exact) mass is 833 g/mol. The van der Waals surface area contributed by atoms with Crippen LogP contribution in [0, 0.1) is 12.3 Å². The number of rotatable bonds is 16. The van der Waals surface area contributed by atoms with Gasteiger partial charge in [-0.15, -0.1) is 11.3 Å². The molecule has 7 N–H and O–H groups in total. The predicted molar refractivity (Wildman–Crippen MR) is 226 cm³/mol. The molecule has 0 aliphatic carbocycles. The lowest BCUT2D eigenvalue weighted by atomic mass is 9.85. The van der Waals surface area contributed by atoms with E-state index in [-0.39, 0.29) is 50.1 Å². The van der Waals surface area contributed by atoms with Crippen molar-refractivity contribution in [2.45, 2.75) is 130 Å². The molecule has 0 radical (unpaired) electrons.